The van der Waals surface area contributed by atoms with Gasteiger partial charge < -0.3 is 5.32 Å². The lowest BCUT2D eigenvalue weighted by atomic mass is 10.1. The fraction of sp³-hybridized carbons (Fsp3) is 0.462. The fourth-order valence-corrected chi connectivity index (χ4v) is 2.50. The molecule has 0 unspecified atom stereocenters. The quantitative estimate of drug-likeness (QED) is 0.798. The van der Waals surface area contributed by atoms with Crippen molar-refractivity contribution in [2.45, 2.75) is 30.9 Å². The Hall–Kier alpha value is -1.20. The van der Waals surface area contributed by atoms with E-state index in [4.69, 9.17) is 0 Å². The molecule has 0 aliphatic heterocycles. The molecule has 0 spiro atoms. The molecular formula is C13H19NO3S. The molecule has 0 radical (unpaired) electrons. The van der Waals surface area contributed by atoms with Crippen LogP contribution in [0.2, 0.25) is 0 Å². The topological polar surface area (TPSA) is 63.2 Å². The highest BCUT2D eigenvalue weighted by molar-refractivity contribution is 7.92. The Bertz CT molecular complexity index is 504. The Morgan fingerprint density at radius 1 is 1.22 bits per heavy atom. The van der Waals surface area contributed by atoms with Gasteiger partial charge in [-0.05, 0) is 32.5 Å². The lowest BCUT2D eigenvalue weighted by molar-refractivity contribution is 0.0991. The van der Waals surface area contributed by atoms with Crippen molar-refractivity contribution < 1.29 is 13.2 Å². The van der Waals surface area contributed by atoms with Crippen molar-refractivity contribution in [3.05, 3.63) is 29.8 Å². The molecule has 1 N–H and O–H groups in total. The van der Waals surface area contributed by atoms with Crippen LogP contribution in [-0.4, -0.2) is 32.5 Å². The van der Waals surface area contributed by atoms with E-state index >= 15 is 0 Å². The van der Waals surface area contributed by atoms with Crippen LogP contribution in [0.15, 0.2) is 29.2 Å². The van der Waals surface area contributed by atoms with Crippen molar-refractivity contribution >= 4 is 15.6 Å². The minimum Gasteiger partial charge on any atom is -0.310 e. The lowest BCUT2D eigenvalue weighted by Crippen LogP contribution is -2.22. The van der Waals surface area contributed by atoms with E-state index in [-0.39, 0.29) is 17.2 Å². The Morgan fingerprint density at radius 3 is 2.22 bits per heavy atom. The van der Waals surface area contributed by atoms with E-state index in [1.165, 1.54) is 12.1 Å². The second-order valence-corrected chi connectivity index (χ2v) is 6.83. The third-order valence-corrected chi connectivity index (χ3v) is 4.83. The highest BCUT2D eigenvalue weighted by Gasteiger charge is 2.19. The molecule has 0 saturated carbocycles. The van der Waals surface area contributed by atoms with Crippen molar-refractivity contribution in [1.82, 2.24) is 5.32 Å². The van der Waals surface area contributed by atoms with Crippen LogP contribution >= 0.6 is 0 Å². The summed E-state index contributed by atoms with van der Waals surface area (Å²) < 4.78 is 23.8. The van der Waals surface area contributed by atoms with Crippen molar-refractivity contribution in [3.63, 3.8) is 0 Å². The van der Waals surface area contributed by atoms with E-state index in [9.17, 15) is 13.2 Å². The largest absolute Gasteiger partial charge is 0.310 e. The zero-order valence-corrected chi connectivity index (χ0v) is 11.8. The summed E-state index contributed by atoms with van der Waals surface area (Å²) in [4.78, 5) is 11.9. The average Bonchev–Trinajstić information content (AvgIpc) is 2.35. The summed E-state index contributed by atoms with van der Waals surface area (Å²) in [7, 11) is -3.26. The van der Waals surface area contributed by atoms with E-state index in [0.717, 1.165) is 6.54 Å². The highest BCUT2D eigenvalue weighted by atomic mass is 32.2. The minimum atomic E-state index is -3.26. The van der Waals surface area contributed by atoms with Gasteiger partial charge in [-0.2, -0.15) is 0 Å². The van der Waals surface area contributed by atoms with Crippen LogP contribution in [0.4, 0.5) is 0 Å². The maximum atomic E-state index is 11.9. The number of hydrogen-bond acceptors (Lipinski definition) is 4. The highest BCUT2D eigenvalue weighted by Crippen LogP contribution is 2.16. The molecule has 1 rings (SSSR count). The van der Waals surface area contributed by atoms with E-state index in [1.54, 1.807) is 26.0 Å². The third kappa shape index (κ3) is 3.40. The molecule has 0 saturated heterocycles. The van der Waals surface area contributed by atoms with Gasteiger partial charge in [0.2, 0.25) is 0 Å². The first-order valence-corrected chi connectivity index (χ1v) is 7.52. The van der Waals surface area contributed by atoms with Crippen molar-refractivity contribution in [2.24, 2.45) is 0 Å². The number of likely N-dealkylation sites (N-methyl/N-ethyl adjacent to an activating group) is 1. The predicted molar refractivity (Wildman–Crippen MR) is 71.6 cm³/mol. The predicted octanol–water partition coefficient (Wildman–Crippen LogP) is 1.66. The fourth-order valence-electron chi connectivity index (χ4n) is 1.44. The number of nitrogens with one attached hydrogen (secondary N) is 1. The van der Waals surface area contributed by atoms with Gasteiger partial charge in [0.25, 0.3) is 0 Å². The molecule has 0 heterocycles. The second kappa shape index (κ2) is 6.11. The average molecular weight is 269 g/mol. The van der Waals surface area contributed by atoms with Crippen molar-refractivity contribution in [2.75, 3.05) is 13.1 Å². The summed E-state index contributed by atoms with van der Waals surface area (Å²) in [6.07, 6.45) is 0. The summed E-state index contributed by atoms with van der Waals surface area (Å²) in [5.41, 5.74) is 0.527. The van der Waals surface area contributed by atoms with E-state index < -0.39 is 15.1 Å². The summed E-state index contributed by atoms with van der Waals surface area (Å²) >= 11 is 0. The zero-order chi connectivity index (χ0) is 13.8. The first kappa shape index (κ1) is 14.9. The monoisotopic (exact) mass is 269 g/mol. The second-order valence-electron chi connectivity index (χ2n) is 4.32. The van der Waals surface area contributed by atoms with Gasteiger partial charge in [-0.25, -0.2) is 8.42 Å². The van der Waals surface area contributed by atoms with Gasteiger partial charge >= 0.3 is 0 Å². The molecular weight excluding hydrogens is 250 g/mol. The molecule has 0 bridgehead atoms. The maximum Gasteiger partial charge on any atom is 0.180 e. The van der Waals surface area contributed by atoms with Gasteiger partial charge in [-0.1, -0.05) is 19.1 Å². The first-order chi connectivity index (χ1) is 8.39. The molecule has 1 aromatic carbocycles. The third-order valence-electron chi connectivity index (χ3n) is 2.66. The molecule has 0 atom stereocenters. The van der Waals surface area contributed by atoms with Gasteiger partial charge in [0, 0.05) is 5.56 Å². The number of benzene rings is 1. The lowest BCUT2D eigenvalue weighted by Gasteiger charge is -2.08. The SMILES string of the molecule is CCNCC(=O)c1ccc(S(=O)(=O)C(C)C)cc1. The molecule has 5 heteroatoms. The van der Waals surface area contributed by atoms with E-state index in [0.29, 0.717) is 5.56 Å². The number of carbonyl (C=O) groups excluding carboxylic acids is 1. The van der Waals surface area contributed by atoms with Gasteiger partial charge in [-0.3, -0.25) is 4.79 Å². The van der Waals surface area contributed by atoms with Gasteiger partial charge in [0.05, 0.1) is 16.7 Å². The number of Topliss-reactive ketones (excluding diaryl/α,β-unsaturated/α-hetero) is 1. The van der Waals surface area contributed by atoms with Crippen molar-refractivity contribution in [1.29, 1.82) is 0 Å². The number of sulfone groups is 1. The molecule has 18 heavy (non-hydrogen) atoms. The number of ketones is 1. The molecule has 0 aromatic heterocycles. The maximum absolute atomic E-state index is 11.9. The van der Waals surface area contributed by atoms with Gasteiger partial charge in [0.15, 0.2) is 15.6 Å². The van der Waals surface area contributed by atoms with E-state index in [2.05, 4.69) is 5.32 Å². The smallest absolute Gasteiger partial charge is 0.180 e. The Balaban J connectivity index is 2.90. The van der Waals surface area contributed by atoms with Gasteiger partial charge in [0.1, 0.15) is 0 Å². The Morgan fingerprint density at radius 2 is 1.78 bits per heavy atom. The molecule has 0 aliphatic carbocycles. The summed E-state index contributed by atoms with van der Waals surface area (Å²) in [6, 6.07) is 6.12. The van der Waals surface area contributed by atoms with Crippen LogP contribution in [0, 0.1) is 0 Å². The standard InChI is InChI=1S/C13H19NO3S/c1-4-14-9-13(15)11-5-7-12(8-6-11)18(16,17)10(2)3/h5-8,10,14H,4,9H2,1-3H3. The normalized spacial score (nSPS) is 11.8. The van der Waals surface area contributed by atoms with Crippen LogP contribution in [0.3, 0.4) is 0 Å². The van der Waals surface area contributed by atoms with Crippen LogP contribution in [-0.2, 0) is 9.84 Å². The molecule has 0 fully saturated rings. The molecule has 1 aromatic rings. The van der Waals surface area contributed by atoms with Crippen LogP contribution < -0.4 is 5.32 Å². The minimum absolute atomic E-state index is 0.0367. The molecule has 0 aliphatic rings. The molecule has 0 amide bonds. The summed E-state index contributed by atoms with van der Waals surface area (Å²) in [5.74, 6) is -0.0367. The molecule has 100 valence electrons. The molecule has 4 nitrogen and oxygen atoms in total. The zero-order valence-electron chi connectivity index (χ0n) is 10.9. The van der Waals surface area contributed by atoms with Crippen LogP contribution in [0.5, 0.6) is 0 Å². The first-order valence-electron chi connectivity index (χ1n) is 5.97. The summed E-state index contributed by atoms with van der Waals surface area (Å²) in [5, 5.41) is 2.48. The Labute approximate surface area is 108 Å². The van der Waals surface area contributed by atoms with Crippen molar-refractivity contribution in [3.8, 4) is 0 Å². The Kier molecular flexibility index (Phi) is 5.04. The number of hydrogen-bond donors (Lipinski definition) is 1. The number of carbonyl (C=O) groups is 1. The van der Waals surface area contributed by atoms with Crippen LogP contribution in [0.25, 0.3) is 0 Å². The summed E-state index contributed by atoms with van der Waals surface area (Å²) in [6.45, 7) is 6.20. The van der Waals surface area contributed by atoms with Crippen LogP contribution in [0.1, 0.15) is 31.1 Å². The van der Waals surface area contributed by atoms with E-state index in [1.807, 2.05) is 6.92 Å². The number of rotatable bonds is 6. The van der Waals surface area contributed by atoms with Gasteiger partial charge in [-0.15, -0.1) is 0 Å².